The standard InChI is InChI=1S/C14H16N2O3/c1-2-19-13-12(10-17)16(9-8-15-13)14(18)11-6-4-3-5-7-11/h3-7,13,15H,2,8-9H2,1H3. The first-order chi connectivity index (χ1) is 9.27. The Hall–Kier alpha value is -1.94. The summed E-state index contributed by atoms with van der Waals surface area (Å²) in [6, 6.07) is 8.87. The number of rotatable bonds is 3. The van der Waals surface area contributed by atoms with Gasteiger partial charge in [-0.1, -0.05) is 18.2 Å². The van der Waals surface area contributed by atoms with Crippen molar-refractivity contribution in [2.75, 3.05) is 19.7 Å². The van der Waals surface area contributed by atoms with Crippen LogP contribution in [0.5, 0.6) is 0 Å². The highest BCUT2D eigenvalue weighted by atomic mass is 16.5. The first-order valence-corrected chi connectivity index (χ1v) is 6.24. The molecule has 1 amide bonds. The van der Waals surface area contributed by atoms with Crippen LogP contribution in [0, 0.1) is 0 Å². The predicted octanol–water partition coefficient (Wildman–Crippen LogP) is 0.810. The van der Waals surface area contributed by atoms with Crippen molar-refractivity contribution in [1.29, 1.82) is 0 Å². The average Bonchev–Trinajstić information content (AvgIpc) is 2.47. The van der Waals surface area contributed by atoms with Crippen molar-refractivity contribution in [2.45, 2.75) is 13.2 Å². The molecule has 0 aromatic heterocycles. The summed E-state index contributed by atoms with van der Waals surface area (Å²) >= 11 is 0. The Morgan fingerprint density at radius 1 is 1.47 bits per heavy atom. The average molecular weight is 260 g/mol. The van der Waals surface area contributed by atoms with Gasteiger partial charge < -0.3 is 4.74 Å². The van der Waals surface area contributed by atoms with Crippen LogP contribution in [0.4, 0.5) is 0 Å². The lowest BCUT2D eigenvalue weighted by molar-refractivity contribution is 0.0248. The molecule has 0 radical (unpaired) electrons. The van der Waals surface area contributed by atoms with Crippen LogP contribution in [0.1, 0.15) is 17.3 Å². The summed E-state index contributed by atoms with van der Waals surface area (Å²) in [5, 5.41) is 3.04. The van der Waals surface area contributed by atoms with Crippen LogP contribution >= 0.6 is 0 Å². The molecule has 1 atom stereocenters. The Balaban J connectivity index is 2.23. The molecular formula is C14H16N2O3. The van der Waals surface area contributed by atoms with Crippen LogP contribution in [0.2, 0.25) is 0 Å². The summed E-state index contributed by atoms with van der Waals surface area (Å²) in [4.78, 5) is 24.9. The molecule has 1 unspecified atom stereocenters. The van der Waals surface area contributed by atoms with E-state index < -0.39 is 6.23 Å². The molecule has 2 rings (SSSR count). The molecule has 0 spiro atoms. The molecule has 0 aliphatic carbocycles. The van der Waals surface area contributed by atoms with Gasteiger partial charge in [0.1, 0.15) is 0 Å². The first kappa shape index (κ1) is 13.5. The number of hydrogen-bond acceptors (Lipinski definition) is 4. The third-order valence-corrected chi connectivity index (χ3v) is 2.91. The van der Waals surface area contributed by atoms with Crippen LogP contribution in [-0.2, 0) is 9.53 Å². The van der Waals surface area contributed by atoms with Crippen molar-refractivity contribution in [1.82, 2.24) is 10.2 Å². The number of nitrogens with zero attached hydrogens (tertiary/aromatic N) is 1. The summed E-state index contributed by atoms with van der Waals surface area (Å²) in [5.41, 5.74) is 0.759. The third kappa shape index (κ3) is 2.90. The predicted molar refractivity (Wildman–Crippen MR) is 70.1 cm³/mol. The van der Waals surface area contributed by atoms with Gasteiger partial charge in [-0.2, -0.15) is 0 Å². The molecule has 19 heavy (non-hydrogen) atoms. The molecule has 0 bridgehead atoms. The minimum atomic E-state index is -0.566. The minimum Gasteiger partial charge on any atom is -0.357 e. The van der Waals surface area contributed by atoms with E-state index >= 15 is 0 Å². The van der Waals surface area contributed by atoms with Gasteiger partial charge in [0.25, 0.3) is 5.91 Å². The van der Waals surface area contributed by atoms with E-state index in [4.69, 9.17) is 4.74 Å². The highest BCUT2D eigenvalue weighted by Crippen LogP contribution is 2.16. The van der Waals surface area contributed by atoms with E-state index in [1.807, 2.05) is 18.9 Å². The number of carbonyl (C=O) groups is 1. The monoisotopic (exact) mass is 260 g/mol. The molecule has 1 saturated heterocycles. The maximum atomic E-state index is 12.4. The fourth-order valence-corrected chi connectivity index (χ4v) is 2.03. The molecule has 0 saturated carbocycles. The second-order valence-electron chi connectivity index (χ2n) is 4.10. The number of carbonyl (C=O) groups excluding carboxylic acids is 2. The summed E-state index contributed by atoms with van der Waals surface area (Å²) in [6.45, 7) is 3.30. The van der Waals surface area contributed by atoms with Crippen LogP contribution < -0.4 is 5.32 Å². The fourth-order valence-electron chi connectivity index (χ4n) is 2.03. The van der Waals surface area contributed by atoms with Crippen LogP contribution in [0.3, 0.4) is 0 Å². The third-order valence-electron chi connectivity index (χ3n) is 2.91. The number of amides is 1. The van der Waals surface area contributed by atoms with E-state index in [0.717, 1.165) is 0 Å². The zero-order chi connectivity index (χ0) is 13.7. The highest BCUT2D eigenvalue weighted by Gasteiger charge is 2.30. The molecule has 1 aliphatic heterocycles. The van der Waals surface area contributed by atoms with Crippen LogP contribution in [0.25, 0.3) is 0 Å². The molecule has 1 fully saturated rings. The Bertz CT molecular complexity index is 493. The lowest BCUT2D eigenvalue weighted by atomic mass is 10.1. The zero-order valence-electron chi connectivity index (χ0n) is 10.8. The summed E-state index contributed by atoms with van der Waals surface area (Å²) in [5.74, 6) is 1.62. The highest BCUT2D eigenvalue weighted by molar-refractivity contribution is 5.96. The van der Waals surface area contributed by atoms with Crippen molar-refractivity contribution < 1.29 is 14.3 Å². The minimum absolute atomic E-state index is 0.204. The SMILES string of the molecule is CCOC1NCCN(C(=O)c2ccccc2)C1=C=O. The maximum Gasteiger partial charge on any atom is 0.258 e. The van der Waals surface area contributed by atoms with E-state index in [0.29, 0.717) is 25.3 Å². The zero-order valence-corrected chi connectivity index (χ0v) is 10.8. The van der Waals surface area contributed by atoms with Crippen LogP contribution in [0.15, 0.2) is 36.0 Å². The summed E-state index contributed by atoms with van der Waals surface area (Å²) < 4.78 is 5.40. The summed E-state index contributed by atoms with van der Waals surface area (Å²) in [6.07, 6.45) is -0.566. The molecule has 100 valence electrons. The molecule has 1 aromatic rings. The number of hydrogen-bond donors (Lipinski definition) is 1. The van der Waals surface area contributed by atoms with E-state index in [9.17, 15) is 9.59 Å². The number of benzene rings is 1. The van der Waals surface area contributed by atoms with Gasteiger partial charge in [0, 0.05) is 25.3 Å². The smallest absolute Gasteiger partial charge is 0.258 e. The number of piperazine rings is 1. The topological polar surface area (TPSA) is 58.6 Å². The lowest BCUT2D eigenvalue weighted by Gasteiger charge is -2.33. The Morgan fingerprint density at radius 3 is 2.84 bits per heavy atom. The fraction of sp³-hybridized carbons (Fsp3) is 0.357. The molecule has 1 heterocycles. The second-order valence-corrected chi connectivity index (χ2v) is 4.10. The molecular weight excluding hydrogens is 244 g/mol. The van der Waals surface area contributed by atoms with Gasteiger partial charge in [0.2, 0.25) is 0 Å². The van der Waals surface area contributed by atoms with Gasteiger partial charge in [0.05, 0.1) is 0 Å². The molecule has 1 N–H and O–H groups in total. The van der Waals surface area contributed by atoms with Gasteiger partial charge in [-0.3, -0.25) is 15.0 Å². The van der Waals surface area contributed by atoms with E-state index in [2.05, 4.69) is 5.32 Å². The van der Waals surface area contributed by atoms with E-state index in [1.165, 1.54) is 4.90 Å². The van der Waals surface area contributed by atoms with Crippen molar-refractivity contribution in [3.63, 3.8) is 0 Å². The van der Waals surface area contributed by atoms with Crippen molar-refractivity contribution in [3.05, 3.63) is 41.6 Å². The summed E-state index contributed by atoms with van der Waals surface area (Å²) in [7, 11) is 0. The molecule has 5 nitrogen and oxygen atoms in total. The van der Waals surface area contributed by atoms with Gasteiger partial charge in [-0.05, 0) is 19.1 Å². The molecule has 5 heteroatoms. The van der Waals surface area contributed by atoms with Crippen molar-refractivity contribution in [3.8, 4) is 0 Å². The van der Waals surface area contributed by atoms with Gasteiger partial charge in [0.15, 0.2) is 17.9 Å². The Labute approximate surface area is 111 Å². The van der Waals surface area contributed by atoms with Gasteiger partial charge in [-0.15, -0.1) is 0 Å². The maximum absolute atomic E-state index is 12.4. The number of ether oxygens (including phenoxy) is 1. The molecule has 1 aromatic carbocycles. The number of nitrogens with one attached hydrogen (secondary N) is 1. The normalized spacial score (nSPS) is 19.1. The van der Waals surface area contributed by atoms with Crippen molar-refractivity contribution >= 4 is 11.8 Å². The second kappa shape index (κ2) is 6.29. The first-order valence-electron chi connectivity index (χ1n) is 6.24. The van der Waals surface area contributed by atoms with Crippen molar-refractivity contribution in [2.24, 2.45) is 0 Å². The van der Waals surface area contributed by atoms with Gasteiger partial charge in [-0.25, -0.2) is 4.79 Å². The quantitative estimate of drug-likeness (QED) is 0.817. The van der Waals surface area contributed by atoms with E-state index in [-0.39, 0.29) is 11.6 Å². The Kier molecular flexibility index (Phi) is 4.47. The Morgan fingerprint density at radius 2 is 2.21 bits per heavy atom. The molecule has 1 aliphatic rings. The lowest BCUT2D eigenvalue weighted by Crippen LogP contribution is -2.52. The van der Waals surface area contributed by atoms with Gasteiger partial charge >= 0.3 is 0 Å². The van der Waals surface area contributed by atoms with E-state index in [1.54, 1.807) is 24.3 Å². The largest absolute Gasteiger partial charge is 0.357 e. The van der Waals surface area contributed by atoms with Crippen LogP contribution in [-0.4, -0.2) is 42.7 Å².